The number of anilines is 1. The van der Waals surface area contributed by atoms with Gasteiger partial charge in [0.1, 0.15) is 11.6 Å². The molecule has 4 heteroatoms. The van der Waals surface area contributed by atoms with Crippen LogP contribution in [0, 0.1) is 5.82 Å². The highest BCUT2D eigenvalue weighted by Crippen LogP contribution is 2.15. The fourth-order valence-corrected chi connectivity index (χ4v) is 1.74. The second-order valence-electron chi connectivity index (χ2n) is 4.32. The Morgan fingerprint density at radius 1 is 1.15 bits per heavy atom. The summed E-state index contributed by atoms with van der Waals surface area (Å²) >= 11 is 0. The summed E-state index contributed by atoms with van der Waals surface area (Å²) in [5.41, 5.74) is 0.721. The molecule has 1 amide bonds. The third kappa shape index (κ3) is 3.82. The van der Waals surface area contributed by atoms with Gasteiger partial charge in [-0.15, -0.1) is 0 Å². The Balaban J connectivity index is 2.00. The van der Waals surface area contributed by atoms with Crippen molar-refractivity contribution in [3.8, 4) is 5.75 Å². The third-order valence-electron chi connectivity index (χ3n) is 2.80. The van der Waals surface area contributed by atoms with Crippen molar-refractivity contribution in [2.75, 3.05) is 5.32 Å². The van der Waals surface area contributed by atoms with Gasteiger partial charge in [-0.25, -0.2) is 4.39 Å². The molecule has 0 saturated heterocycles. The molecule has 0 aliphatic carbocycles. The molecular weight excluding hydrogens is 257 g/mol. The minimum absolute atomic E-state index is 0.219. The molecule has 2 aromatic carbocycles. The summed E-state index contributed by atoms with van der Waals surface area (Å²) in [6.07, 6.45) is -0.0866. The van der Waals surface area contributed by atoms with Crippen molar-refractivity contribution in [3.63, 3.8) is 0 Å². The molecule has 2 rings (SSSR count). The third-order valence-corrected chi connectivity index (χ3v) is 2.80. The molecule has 1 N–H and O–H groups in total. The maximum Gasteiger partial charge on any atom is 0.265 e. The molecular formula is C16H16FNO2. The average Bonchev–Trinajstić information content (AvgIpc) is 2.47. The molecule has 0 heterocycles. The molecule has 20 heavy (non-hydrogen) atoms. The topological polar surface area (TPSA) is 38.3 Å². The van der Waals surface area contributed by atoms with Crippen LogP contribution in [0.5, 0.6) is 5.75 Å². The van der Waals surface area contributed by atoms with Crippen LogP contribution < -0.4 is 10.1 Å². The molecule has 0 saturated carbocycles. The first-order valence-corrected chi connectivity index (χ1v) is 6.47. The Morgan fingerprint density at radius 3 is 2.40 bits per heavy atom. The van der Waals surface area contributed by atoms with E-state index < -0.39 is 6.10 Å². The van der Waals surface area contributed by atoms with E-state index in [9.17, 15) is 9.18 Å². The molecule has 2 aromatic rings. The van der Waals surface area contributed by atoms with E-state index in [1.165, 1.54) is 24.3 Å². The Morgan fingerprint density at radius 2 is 1.80 bits per heavy atom. The Bertz CT molecular complexity index is 554. The van der Waals surface area contributed by atoms with Crippen molar-refractivity contribution in [3.05, 3.63) is 60.4 Å². The van der Waals surface area contributed by atoms with Gasteiger partial charge in [0.2, 0.25) is 0 Å². The van der Waals surface area contributed by atoms with Crippen molar-refractivity contribution >= 4 is 11.6 Å². The lowest BCUT2D eigenvalue weighted by atomic mass is 10.2. The largest absolute Gasteiger partial charge is 0.481 e. The van der Waals surface area contributed by atoms with Crippen LogP contribution in [-0.2, 0) is 4.79 Å². The molecule has 0 spiro atoms. The van der Waals surface area contributed by atoms with E-state index >= 15 is 0 Å². The second kappa shape index (κ2) is 6.70. The highest BCUT2D eigenvalue weighted by molar-refractivity contribution is 5.94. The molecule has 3 nitrogen and oxygen atoms in total. The van der Waals surface area contributed by atoms with Gasteiger partial charge in [0.05, 0.1) is 0 Å². The Labute approximate surface area is 117 Å². The van der Waals surface area contributed by atoms with Crippen molar-refractivity contribution in [2.24, 2.45) is 0 Å². The fraction of sp³-hybridized carbons (Fsp3) is 0.188. The number of hydrogen-bond acceptors (Lipinski definition) is 2. The summed E-state index contributed by atoms with van der Waals surface area (Å²) in [5, 5.41) is 2.79. The quantitative estimate of drug-likeness (QED) is 0.903. The lowest BCUT2D eigenvalue weighted by Gasteiger charge is -2.17. The first-order chi connectivity index (χ1) is 9.69. The maximum atomic E-state index is 12.8. The molecule has 0 radical (unpaired) electrons. The number of hydrogen-bond donors (Lipinski definition) is 1. The van der Waals surface area contributed by atoms with Crippen LogP contribution in [0.15, 0.2) is 54.6 Å². The monoisotopic (exact) mass is 273 g/mol. The number of carbonyl (C=O) groups is 1. The van der Waals surface area contributed by atoms with E-state index in [1.807, 2.05) is 37.3 Å². The van der Waals surface area contributed by atoms with Gasteiger partial charge in [-0.3, -0.25) is 4.79 Å². The van der Waals surface area contributed by atoms with E-state index in [0.29, 0.717) is 12.2 Å². The molecule has 0 aromatic heterocycles. The number of halogens is 1. The van der Waals surface area contributed by atoms with Gasteiger partial charge < -0.3 is 10.1 Å². The van der Waals surface area contributed by atoms with E-state index in [2.05, 4.69) is 5.32 Å². The lowest BCUT2D eigenvalue weighted by Crippen LogP contribution is -2.32. The van der Waals surface area contributed by atoms with Gasteiger partial charge in [0.25, 0.3) is 5.91 Å². The van der Waals surface area contributed by atoms with Gasteiger partial charge in [0, 0.05) is 5.69 Å². The summed E-state index contributed by atoms with van der Waals surface area (Å²) in [4.78, 5) is 12.1. The van der Waals surface area contributed by atoms with Gasteiger partial charge >= 0.3 is 0 Å². The first-order valence-electron chi connectivity index (χ1n) is 6.47. The molecule has 0 unspecified atom stereocenters. The van der Waals surface area contributed by atoms with Crippen LogP contribution in [-0.4, -0.2) is 12.0 Å². The number of nitrogens with one attached hydrogen (secondary N) is 1. The van der Waals surface area contributed by atoms with E-state index in [0.717, 1.165) is 5.69 Å². The normalized spacial score (nSPS) is 11.7. The zero-order chi connectivity index (χ0) is 14.4. The highest BCUT2D eigenvalue weighted by atomic mass is 19.1. The Kier molecular flexibility index (Phi) is 4.71. The van der Waals surface area contributed by atoms with Crippen LogP contribution in [0.4, 0.5) is 10.1 Å². The fourth-order valence-electron chi connectivity index (χ4n) is 1.74. The minimum atomic E-state index is -0.610. The summed E-state index contributed by atoms with van der Waals surface area (Å²) < 4.78 is 18.4. The predicted octanol–water partition coefficient (Wildman–Crippen LogP) is 3.62. The highest BCUT2D eigenvalue weighted by Gasteiger charge is 2.18. The van der Waals surface area contributed by atoms with E-state index in [1.54, 1.807) is 0 Å². The maximum absolute atomic E-state index is 12.8. The summed E-state index contributed by atoms with van der Waals surface area (Å²) in [6.45, 7) is 1.86. The number of amides is 1. The standard InChI is InChI=1S/C16H16FNO2/c1-2-15(20-14-10-8-12(17)9-11-14)16(19)18-13-6-4-3-5-7-13/h3-11,15H,2H2,1H3,(H,18,19)/t15-/m1/s1. The van der Waals surface area contributed by atoms with E-state index in [4.69, 9.17) is 4.74 Å². The van der Waals surface area contributed by atoms with Gasteiger partial charge in [-0.2, -0.15) is 0 Å². The number of rotatable bonds is 5. The van der Waals surface area contributed by atoms with Crippen molar-refractivity contribution in [1.29, 1.82) is 0 Å². The van der Waals surface area contributed by atoms with Crippen molar-refractivity contribution in [2.45, 2.75) is 19.4 Å². The van der Waals surface area contributed by atoms with Crippen LogP contribution in [0.2, 0.25) is 0 Å². The van der Waals surface area contributed by atoms with Crippen LogP contribution in [0.1, 0.15) is 13.3 Å². The molecule has 0 aliphatic rings. The van der Waals surface area contributed by atoms with Crippen molar-refractivity contribution in [1.82, 2.24) is 0 Å². The zero-order valence-corrected chi connectivity index (χ0v) is 11.2. The molecule has 0 bridgehead atoms. The first kappa shape index (κ1) is 14.1. The number of carbonyl (C=O) groups excluding carboxylic acids is 1. The van der Waals surface area contributed by atoms with E-state index in [-0.39, 0.29) is 11.7 Å². The number of para-hydroxylation sites is 1. The molecule has 0 aliphatic heterocycles. The van der Waals surface area contributed by atoms with Gasteiger partial charge in [0.15, 0.2) is 6.10 Å². The van der Waals surface area contributed by atoms with Crippen LogP contribution in [0.25, 0.3) is 0 Å². The lowest BCUT2D eigenvalue weighted by molar-refractivity contribution is -0.122. The zero-order valence-electron chi connectivity index (χ0n) is 11.2. The number of benzene rings is 2. The van der Waals surface area contributed by atoms with Gasteiger partial charge in [-0.05, 0) is 42.8 Å². The predicted molar refractivity (Wildman–Crippen MR) is 76.2 cm³/mol. The van der Waals surface area contributed by atoms with Crippen LogP contribution >= 0.6 is 0 Å². The molecule has 1 atom stereocenters. The van der Waals surface area contributed by atoms with Crippen LogP contribution in [0.3, 0.4) is 0 Å². The summed E-state index contributed by atoms with van der Waals surface area (Å²) in [5.74, 6) is -0.0800. The molecule has 104 valence electrons. The smallest absolute Gasteiger partial charge is 0.265 e. The molecule has 0 fully saturated rings. The number of ether oxygens (including phenoxy) is 1. The summed E-state index contributed by atoms with van der Waals surface area (Å²) in [7, 11) is 0. The SMILES string of the molecule is CC[C@@H](Oc1ccc(F)cc1)C(=O)Nc1ccccc1. The van der Waals surface area contributed by atoms with Gasteiger partial charge in [-0.1, -0.05) is 25.1 Å². The second-order valence-corrected chi connectivity index (χ2v) is 4.32. The Hall–Kier alpha value is -2.36. The summed E-state index contributed by atoms with van der Waals surface area (Å²) in [6, 6.07) is 14.8. The average molecular weight is 273 g/mol. The minimum Gasteiger partial charge on any atom is -0.481 e. The van der Waals surface area contributed by atoms with Crippen molar-refractivity contribution < 1.29 is 13.9 Å².